The maximum absolute atomic E-state index is 13.5. The molecule has 3 aromatic rings. The zero-order valence-electron chi connectivity index (χ0n) is 16.4. The van der Waals surface area contributed by atoms with Crippen LogP contribution in [0.25, 0.3) is 10.9 Å². The van der Waals surface area contributed by atoms with Crippen LogP contribution in [-0.2, 0) is 11.3 Å². The van der Waals surface area contributed by atoms with Crippen LogP contribution in [0.1, 0.15) is 35.8 Å². The molecule has 1 aliphatic rings. The highest BCUT2D eigenvalue weighted by Crippen LogP contribution is 2.21. The van der Waals surface area contributed by atoms with Crippen LogP contribution in [0, 0.1) is 5.82 Å². The SMILES string of the molecule is CC[C@H]1CN(C(=O)c2cc3cc(F)ccc3[nH]2)CCC(=O)N1Cc1ccccc1. The number of amides is 2. The van der Waals surface area contributed by atoms with E-state index in [1.807, 2.05) is 42.2 Å². The topological polar surface area (TPSA) is 56.4 Å². The third kappa shape index (κ3) is 4.01. The fourth-order valence-corrected chi connectivity index (χ4v) is 3.94. The second kappa shape index (κ2) is 8.07. The van der Waals surface area contributed by atoms with Crippen molar-refractivity contribution in [3.63, 3.8) is 0 Å². The van der Waals surface area contributed by atoms with Gasteiger partial charge in [0.15, 0.2) is 0 Å². The summed E-state index contributed by atoms with van der Waals surface area (Å²) in [4.78, 5) is 32.6. The lowest BCUT2D eigenvalue weighted by Crippen LogP contribution is -2.43. The van der Waals surface area contributed by atoms with Crippen molar-refractivity contribution in [2.24, 2.45) is 0 Å². The summed E-state index contributed by atoms with van der Waals surface area (Å²) in [6.07, 6.45) is 1.06. The number of carbonyl (C=O) groups is 2. The van der Waals surface area contributed by atoms with E-state index in [0.29, 0.717) is 37.1 Å². The summed E-state index contributed by atoms with van der Waals surface area (Å²) >= 11 is 0. The first-order valence-corrected chi connectivity index (χ1v) is 9.96. The normalized spacial score (nSPS) is 17.6. The molecule has 1 fully saturated rings. The second-order valence-electron chi connectivity index (χ2n) is 7.49. The van der Waals surface area contributed by atoms with Gasteiger partial charge in [-0.25, -0.2) is 4.39 Å². The van der Waals surface area contributed by atoms with Gasteiger partial charge in [-0.15, -0.1) is 0 Å². The number of benzene rings is 2. The Morgan fingerprint density at radius 3 is 2.72 bits per heavy atom. The number of H-pyrrole nitrogens is 1. The summed E-state index contributed by atoms with van der Waals surface area (Å²) in [5.74, 6) is -0.428. The first-order valence-electron chi connectivity index (χ1n) is 9.96. The number of hydrogen-bond acceptors (Lipinski definition) is 2. The number of carbonyl (C=O) groups excluding carboxylic acids is 2. The summed E-state index contributed by atoms with van der Waals surface area (Å²) in [5, 5.41) is 0.664. The Morgan fingerprint density at radius 2 is 1.97 bits per heavy atom. The monoisotopic (exact) mass is 393 g/mol. The lowest BCUT2D eigenvalue weighted by molar-refractivity contribution is -0.133. The van der Waals surface area contributed by atoms with Crippen molar-refractivity contribution in [2.45, 2.75) is 32.4 Å². The Kier molecular flexibility index (Phi) is 5.34. The molecule has 1 saturated heterocycles. The molecule has 150 valence electrons. The lowest BCUT2D eigenvalue weighted by Gasteiger charge is -2.31. The van der Waals surface area contributed by atoms with E-state index in [1.54, 1.807) is 17.0 Å². The van der Waals surface area contributed by atoms with Gasteiger partial charge in [0, 0.05) is 43.0 Å². The standard InChI is InChI=1S/C23H24FN3O2/c1-2-19-15-26(11-10-22(28)27(19)14-16-6-4-3-5-7-16)23(29)21-13-17-12-18(24)8-9-20(17)25-21/h3-9,12-13,19,25H,2,10-11,14-15H2,1H3/t19-/m0/s1. The van der Waals surface area contributed by atoms with Crippen molar-refractivity contribution in [1.29, 1.82) is 0 Å². The molecule has 5 nitrogen and oxygen atoms in total. The quantitative estimate of drug-likeness (QED) is 0.729. The van der Waals surface area contributed by atoms with Crippen LogP contribution in [-0.4, -0.2) is 45.7 Å². The van der Waals surface area contributed by atoms with Gasteiger partial charge < -0.3 is 14.8 Å². The van der Waals surface area contributed by atoms with Crippen LogP contribution < -0.4 is 0 Å². The fourth-order valence-electron chi connectivity index (χ4n) is 3.94. The van der Waals surface area contributed by atoms with E-state index in [0.717, 1.165) is 17.5 Å². The van der Waals surface area contributed by atoms with E-state index < -0.39 is 0 Å². The predicted molar refractivity (Wildman–Crippen MR) is 110 cm³/mol. The average molecular weight is 393 g/mol. The highest BCUT2D eigenvalue weighted by atomic mass is 19.1. The Balaban J connectivity index is 1.55. The maximum Gasteiger partial charge on any atom is 0.270 e. The molecule has 4 rings (SSSR count). The van der Waals surface area contributed by atoms with E-state index in [9.17, 15) is 14.0 Å². The Hall–Kier alpha value is -3.15. The highest BCUT2D eigenvalue weighted by Gasteiger charge is 2.31. The van der Waals surface area contributed by atoms with Gasteiger partial charge in [0.1, 0.15) is 11.5 Å². The summed E-state index contributed by atoms with van der Waals surface area (Å²) in [5.41, 5.74) is 2.22. The zero-order chi connectivity index (χ0) is 20.4. The van der Waals surface area contributed by atoms with E-state index in [-0.39, 0.29) is 23.7 Å². The molecular formula is C23H24FN3O2. The van der Waals surface area contributed by atoms with Gasteiger partial charge in [-0.3, -0.25) is 9.59 Å². The summed E-state index contributed by atoms with van der Waals surface area (Å²) < 4.78 is 13.5. The van der Waals surface area contributed by atoms with Crippen LogP contribution in [0.5, 0.6) is 0 Å². The van der Waals surface area contributed by atoms with E-state index in [2.05, 4.69) is 4.98 Å². The minimum atomic E-state index is -0.335. The molecule has 1 aromatic heterocycles. The molecular weight excluding hydrogens is 369 g/mol. The molecule has 1 aliphatic heterocycles. The lowest BCUT2D eigenvalue weighted by atomic mass is 10.1. The molecule has 2 amide bonds. The van der Waals surface area contributed by atoms with Gasteiger partial charge in [0.05, 0.1) is 0 Å². The molecule has 2 aromatic carbocycles. The molecule has 2 heterocycles. The van der Waals surface area contributed by atoms with Crippen molar-refractivity contribution in [3.8, 4) is 0 Å². The average Bonchev–Trinajstić information content (AvgIpc) is 3.08. The van der Waals surface area contributed by atoms with E-state index in [4.69, 9.17) is 0 Å². The summed E-state index contributed by atoms with van der Waals surface area (Å²) in [6.45, 7) is 3.45. The molecule has 0 spiro atoms. The number of nitrogens with zero attached hydrogens (tertiary/aromatic N) is 2. The predicted octanol–water partition coefficient (Wildman–Crippen LogP) is 3.96. The van der Waals surface area contributed by atoms with Crippen LogP contribution in [0.2, 0.25) is 0 Å². The van der Waals surface area contributed by atoms with Crippen molar-refractivity contribution >= 4 is 22.7 Å². The number of rotatable bonds is 4. The Bertz CT molecular complexity index is 1030. The molecule has 0 bridgehead atoms. The van der Waals surface area contributed by atoms with Crippen LogP contribution in [0.4, 0.5) is 4.39 Å². The van der Waals surface area contributed by atoms with E-state index >= 15 is 0 Å². The van der Waals surface area contributed by atoms with Crippen molar-refractivity contribution in [2.75, 3.05) is 13.1 Å². The van der Waals surface area contributed by atoms with Gasteiger partial charge in [-0.2, -0.15) is 0 Å². The number of aromatic amines is 1. The molecule has 0 aliphatic carbocycles. The number of hydrogen-bond donors (Lipinski definition) is 1. The molecule has 1 N–H and O–H groups in total. The Morgan fingerprint density at radius 1 is 1.17 bits per heavy atom. The zero-order valence-corrected chi connectivity index (χ0v) is 16.4. The maximum atomic E-state index is 13.5. The molecule has 1 atom stereocenters. The summed E-state index contributed by atoms with van der Waals surface area (Å²) in [6, 6.07) is 15.9. The molecule has 6 heteroatoms. The number of aromatic nitrogens is 1. The molecule has 0 saturated carbocycles. The molecule has 0 radical (unpaired) electrons. The highest BCUT2D eigenvalue weighted by molar-refractivity contribution is 5.98. The minimum absolute atomic E-state index is 0.0454. The molecule has 29 heavy (non-hydrogen) atoms. The third-order valence-corrected chi connectivity index (χ3v) is 5.56. The van der Waals surface area contributed by atoms with E-state index in [1.165, 1.54) is 12.1 Å². The first kappa shape index (κ1) is 19.2. The second-order valence-corrected chi connectivity index (χ2v) is 7.49. The van der Waals surface area contributed by atoms with Crippen molar-refractivity contribution in [1.82, 2.24) is 14.8 Å². The Labute approximate surface area is 169 Å². The van der Waals surface area contributed by atoms with Gasteiger partial charge >= 0.3 is 0 Å². The summed E-state index contributed by atoms with van der Waals surface area (Å²) in [7, 11) is 0. The number of fused-ring (bicyclic) bond motifs is 1. The third-order valence-electron chi connectivity index (χ3n) is 5.56. The number of nitrogens with one attached hydrogen (secondary N) is 1. The van der Waals surface area contributed by atoms with Gasteiger partial charge in [0.2, 0.25) is 5.91 Å². The fraction of sp³-hybridized carbons (Fsp3) is 0.304. The van der Waals surface area contributed by atoms with Crippen LogP contribution >= 0.6 is 0 Å². The van der Waals surface area contributed by atoms with Gasteiger partial charge in [-0.1, -0.05) is 37.3 Å². The molecule has 0 unspecified atom stereocenters. The van der Waals surface area contributed by atoms with Crippen molar-refractivity contribution in [3.05, 3.63) is 71.7 Å². The largest absolute Gasteiger partial charge is 0.351 e. The number of halogens is 1. The smallest absolute Gasteiger partial charge is 0.270 e. The van der Waals surface area contributed by atoms with Crippen molar-refractivity contribution < 1.29 is 14.0 Å². The van der Waals surface area contributed by atoms with Gasteiger partial charge in [-0.05, 0) is 36.2 Å². The van der Waals surface area contributed by atoms with Crippen LogP contribution in [0.3, 0.4) is 0 Å². The first-order chi connectivity index (χ1) is 14.0. The van der Waals surface area contributed by atoms with Gasteiger partial charge in [0.25, 0.3) is 5.91 Å². The minimum Gasteiger partial charge on any atom is -0.351 e. The van der Waals surface area contributed by atoms with Crippen LogP contribution in [0.15, 0.2) is 54.6 Å².